The quantitative estimate of drug-likeness (QED) is 0.474. The van der Waals surface area contributed by atoms with E-state index in [0.29, 0.717) is 5.56 Å². The molecule has 166 valence electrons. The molecule has 0 atom stereocenters. The van der Waals surface area contributed by atoms with Crippen LogP contribution >= 0.6 is 0 Å². The van der Waals surface area contributed by atoms with E-state index in [4.69, 9.17) is 14.0 Å². The van der Waals surface area contributed by atoms with Crippen LogP contribution in [0.4, 0.5) is 0 Å². The van der Waals surface area contributed by atoms with E-state index in [0.717, 1.165) is 27.9 Å². The summed E-state index contributed by atoms with van der Waals surface area (Å²) in [6, 6.07) is 22.7. The Morgan fingerprint density at radius 3 is 2.15 bits per heavy atom. The zero-order valence-corrected chi connectivity index (χ0v) is 20.0. The van der Waals surface area contributed by atoms with Gasteiger partial charge in [0.05, 0.1) is 22.8 Å². The van der Waals surface area contributed by atoms with Crippen molar-refractivity contribution in [3.63, 3.8) is 0 Å². The van der Waals surface area contributed by atoms with E-state index in [1.807, 2.05) is 52.0 Å². The van der Waals surface area contributed by atoms with Crippen LogP contribution in [0.25, 0.3) is 22.3 Å². The van der Waals surface area contributed by atoms with Gasteiger partial charge in [-0.3, -0.25) is 0 Å². The Morgan fingerprint density at radius 1 is 0.758 bits per heavy atom. The minimum atomic E-state index is -0.526. The fourth-order valence-corrected chi connectivity index (χ4v) is 4.58. The van der Waals surface area contributed by atoms with Crippen molar-refractivity contribution in [2.45, 2.75) is 58.3 Å². The Kier molecular flexibility index (Phi) is 4.76. The highest BCUT2D eigenvalue weighted by molar-refractivity contribution is 6.62. The monoisotopic (exact) mass is 437 g/mol. The minimum absolute atomic E-state index is 0.426. The van der Waals surface area contributed by atoms with Gasteiger partial charge in [0.1, 0.15) is 11.4 Å². The highest BCUT2D eigenvalue weighted by atomic mass is 16.7. The van der Waals surface area contributed by atoms with E-state index in [1.165, 1.54) is 11.1 Å². The summed E-state index contributed by atoms with van der Waals surface area (Å²) in [5, 5.41) is 9.70. The summed E-state index contributed by atoms with van der Waals surface area (Å²) < 4.78 is 18.9. The Hall–Kier alpha value is -3.07. The summed E-state index contributed by atoms with van der Waals surface area (Å²) in [5.74, 6) is 0.843. The molecule has 1 fully saturated rings. The van der Waals surface area contributed by atoms with Crippen LogP contribution in [0.1, 0.15) is 52.7 Å². The van der Waals surface area contributed by atoms with Crippen molar-refractivity contribution in [2.75, 3.05) is 0 Å². The fourth-order valence-electron chi connectivity index (χ4n) is 4.58. The topological polar surface area (TPSA) is 51.5 Å². The molecule has 3 aromatic rings. The van der Waals surface area contributed by atoms with Crippen molar-refractivity contribution < 1.29 is 14.0 Å². The van der Waals surface area contributed by atoms with Crippen molar-refractivity contribution in [1.29, 1.82) is 5.26 Å². The SMILES string of the molecule is CC1(C)Oc2cc(-c3cc(C#N)cc(B4OC(C)(C)C(C)(C)O4)c3)ccc2-c2ccccc21. The first kappa shape index (κ1) is 21.8. The first-order valence-electron chi connectivity index (χ1n) is 11.3. The van der Waals surface area contributed by atoms with Gasteiger partial charge < -0.3 is 14.0 Å². The zero-order chi connectivity index (χ0) is 23.6. The lowest BCUT2D eigenvalue weighted by Crippen LogP contribution is -2.41. The maximum absolute atomic E-state index is 9.70. The van der Waals surface area contributed by atoms with Gasteiger partial charge in [-0.25, -0.2) is 0 Å². The number of hydrogen-bond donors (Lipinski definition) is 0. The van der Waals surface area contributed by atoms with Gasteiger partial charge in [-0.15, -0.1) is 0 Å². The van der Waals surface area contributed by atoms with Gasteiger partial charge >= 0.3 is 7.12 Å². The molecule has 0 bridgehead atoms. The molecule has 0 amide bonds. The maximum Gasteiger partial charge on any atom is 0.494 e. The van der Waals surface area contributed by atoms with E-state index >= 15 is 0 Å². The van der Waals surface area contributed by atoms with Crippen LogP contribution in [0.3, 0.4) is 0 Å². The average molecular weight is 437 g/mol. The van der Waals surface area contributed by atoms with E-state index in [9.17, 15) is 5.26 Å². The second kappa shape index (κ2) is 7.22. The third-order valence-corrected chi connectivity index (χ3v) is 7.16. The van der Waals surface area contributed by atoms with E-state index < -0.39 is 23.9 Å². The largest absolute Gasteiger partial charge is 0.494 e. The molecule has 3 aromatic carbocycles. The summed E-state index contributed by atoms with van der Waals surface area (Å²) in [7, 11) is -0.526. The molecule has 33 heavy (non-hydrogen) atoms. The Balaban J connectivity index is 1.58. The van der Waals surface area contributed by atoms with Crippen molar-refractivity contribution >= 4 is 12.6 Å². The summed E-state index contributed by atoms with van der Waals surface area (Å²) in [6.07, 6.45) is 0. The first-order valence-corrected chi connectivity index (χ1v) is 11.3. The molecule has 0 unspecified atom stereocenters. The predicted molar refractivity (Wildman–Crippen MR) is 131 cm³/mol. The molecule has 5 rings (SSSR count). The molecular formula is C28H28BNO3. The third kappa shape index (κ3) is 3.55. The Bertz CT molecular complexity index is 1290. The first-order chi connectivity index (χ1) is 15.5. The molecule has 0 aromatic heterocycles. The molecule has 2 aliphatic heterocycles. The van der Waals surface area contributed by atoms with Gasteiger partial charge in [-0.05, 0) is 81.9 Å². The number of benzene rings is 3. The van der Waals surface area contributed by atoms with Gasteiger partial charge in [0.25, 0.3) is 0 Å². The van der Waals surface area contributed by atoms with Gasteiger partial charge in [-0.1, -0.05) is 42.5 Å². The van der Waals surface area contributed by atoms with Crippen molar-refractivity contribution in [3.8, 4) is 34.1 Å². The average Bonchev–Trinajstić information content (AvgIpc) is 3.00. The molecule has 4 nitrogen and oxygen atoms in total. The zero-order valence-electron chi connectivity index (χ0n) is 20.0. The van der Waals surface area contributed by atoms with Crippen LogP contribution < -0.4 is 10.2 Å². The van der Waals surface area contributed by atoms with Gasteiger partial charge in [0, 0.05) is 11.1 Å². The van der Waals surface area contributed by atoms with Crippen LogP contribution in [-0.2, 0) is 14.9 Å². The smallest absolute Gasteiger partial charge is 0.482 e. The normalized spacial score (nSPS) is 19.2. The lowest BCUT2D eigenvalue weighted by molar-refractivity contribution is 0.00578. The van der Waals surface area contributed by atoms with Gasteiger partial charge in [0.2, 0.25) is 0 Å². The standard InChI is InChI=1S/C28H28BNO3/c1-26(2)24-10-8-7-9-22(24)23-12-11-19(16-25(23)31-26)20-13-18(17-30)14-21(15-20)29-32-27(3,4)28(5,6)33-29/h7-16H,1-6H3. The third-order valence-electron chi connectivity index (χ3n) is 7.16. The Labute approximate surface area is 196 Å². The molecule has 0 aliphatic carbocycles. The van der Waals surface area contributed by atoms with Crippen LogP contribution in [-0.4, -0.2) is 18.3 Å². The molecule has 5 heteroatoms. The lowest BCUT2D eigenvalue weighted by atomic mass is 9.77. The van der Waals surface area contributed by atoms with E-state index in [1.54, 1.807) is 0 Å². The number of rotatable bonds is 2. The molecule has 0 N–H and O–H groups in total. The number of nitrogens with zero attached hydrogens (tertiary/aromatic N) is 1. The maximum atomic E-state index is 9.70. The molecule has 1 saturated heterocycles. The van der Waals surface area contributed by atoms with E-state index in [2.05, 4.69) is 56.3 Å². The number of nitriles is 1. The number of fused-ring (bicyclic) bond motifs is 3. The predicted octanol–water partition coefficient (Wildman–Crippen LogP) is 5.82. The van der Waals surface area contributed by atoms with Gasteiger partial charge in [0.15, 0.2) is 0 Å². The Morgan fingerprint density at radius 2 is 1.45 bits per heavy atom. The van der Waals surface area contributed by atoms with Crippen LogP contribution in [0.2, 0.25) is 0 Å². The fraction of sp³-hybridized carbons (Fsp3) is 0.321. The van der Waals surface area contributed by atoms with Crippen molar-refractivity contribution in [1.82, 2.24) is 0 Å². The van der Waals surface area contributed by atoms with Crippen LogP contribution in [0.15, 0.2) is 60.7 Å². The number of hydrogen-bond acceptors (Lipinski definition) is 4. The second-order valence-electron chi connectivity index (χ2n) is 10.4. The molecule has 0 saturated carbocycles. The molecular weight excluding hydrogens is 409 g/mol. The molecule has 2 aliphatic rings. The van der Waals surface area contributed by atoms with Gasteiger partial charge in [-0.2, -0.15) is 5.26 Å². The lowest BCUT2D eigenvalue weighted by Gasteiger charge is -2.35. The summed E-state index contributed by atoms with van der Waals surface area (Å²) in [5.41, 5.74) is 5.47. The van der Waals surface area contributed by atoms with Crippen LogP contribution in [0.5, 0.6) is 5.75 Å². The second-order valence-corrected chi connectivity index (χ2v) is 10.4. The highest BCUT2D eigenvalue weighted by Crippen LogP contribution is 2.46. The molecule has 2 heterocycles. The highest BCUT2D eigenvalue weighted by Gasteiger charge is 2.51. The summed E-state index contributed by atoms with van der Waals surface area (Å²) in [4.78, 5) is 0. The van der Waals surface area contributed by atoms with Crippen LogP contribution in [0, 0.1) is 11.3 Å². The minimum Gasteiger partial charge on any atom is -0.482 e. The van der Waals surface area contributed by atoms with E-state index in [-0.39, 0.29) is 0 Å². The molecule has 0 spiro atoms. The van der Waals surface area contributed by atoms with Crippen molar-refractivity contribution in [2.24, 2.45) is 0 Å². The summed E-state index contributed by atoms with van der Waals surface area (Å²) >= 11 is 0. The molecule has 0 radical (unpaired) electrons. The number of ether oxygens (including phenoxy) is 1. The van der Waals surface area contributed by atoms with Crippen molar-refractivity contribution in [3.05, 3.63) is 71.8 Å². The summed E-state index contributed by atoms with van der Waals surface area (Å²) in [6.45, 7) is 12.3.